The van der Waals surface area contributed by atoms with Crippen LogP contribution >= 0.6 is 36.2 Å². The minimum Gasteiger partial charge on any atom is -0.507 e. The maximum Gasteiger partial charge on any atom is 0.129 e. The minimum atomic E-state index is -0.125. The van der Waals surface area contributed by atoms with Crippen molar-refractivity contribution in [3.63, 3.8) is 0 Å². The van der Waals surface area contributed by atoms with Crippen LogP contribution in [0.15, 0.2) is 29.3 Å². The Labute approximate surface area is 134 Å². The summed E-state index contributed by atoms with van der Waals surface area (Å²) in [5.41, 5.74) is 0.838. The number of aliphatic imine (C=N–C) groups is 1. The molecule has 0 spiro atoms. The number of nitrogens with zero attached hydrogens (tertiary/aromatic N) is 2. The number of aromatic hydroxyl groups is 1. The van der Waals surface area contributed by atoms with Crippen LogP contribution in [-0.4, -0.2) is 57.8 Å². The molecule has 20 heavy (non-hydrogen) atoms. The predicted octanol–water partition coefficient (Wildman–Crippen LogP) is 2.81. The average molecular weight is 329 g/mol. The molecule has 0 aliphatic carbocycles. The molecule has 0 saturated carbocycles. The molecular weight excluding hydrogens is 308 g/mol. The van der Waals surface area contributed by atoms with Crippen molar-refractivity contribution in [3.05, 3.63) is 29.8 Å². The van der Waals surface area contributed by atoms with E-state index in [1.54, 1.807) is 29.6 Å². The summed E-state index contributed by atoms with van der Waals surface area (Å²) in [6.45, 7) is 1.86. The highest BCUT2D eigenvalue weighted by Crippen LogP contribution is 2.39. The summed E-state index contributed by atoms with van der Waals surface area (Å²) in [7, 11) is 2.10. The standard InChI is InChI=1S/C14H20N2OS3/c1-16(7-8-18)9-14(19-2)10-20-13(15-14)11-5-3-4-6-12(11)17/h3-6,17-18H,7-10H2,1-2H3. The lowest BCUT2D eigenvalue weighted by Gasteiger charge is -2.28. The molecule has 1 atom stereocenters. The second-order valence-corrected chi connectivity index (χ2v) is 7.41. The Hall–Kier alpha value is -0.300. The molecule has 1 heterocycles. The quantitative estimate of drug-likeness (QED) is 0.787. The maximum absolute atomic E-state index is 9.96. The molecule has 1 aliphatic rings. The number of hydrogen-bond acceptors (Lipinski definition) is 6. The molecule has 0 bridgehead atoms. The highest BCUT2D eigenvalue weighted by atomic mass is 32.2. The number of rotatable bonds is 6. The first-order valence-corrected chi connectivity index (χ1v) is 9.30. The number of benzene rings is 1. The van der Waals surface area contributed by atoms with E-state index in [9.17, 15) is 5.11 Å². The molecule has 110 valence electrons. The summed E-state index contributed by atoms with van der Waals surface area (Å²) >= 11 is 7.79. The van der Waals surface area contributed by atoms with Gasteiger partial charge in [-0.15, -0.1) is 23.5 Å². The average Bonchev–Trinajstić information content (AvgIpc) is 2.84. The van der Waals surface area contributed by atoms with Crippen LogP contribution in [0.1, 0.15) is 5.56 Å². The summed E-state index contributed by atoms with van der Waals surface area (Å²) in [6, 6.07) is 7.41. The molecule has 1 aromatic carbocycles. The Morgan fingerprint density at radius 1 is 1.50 bits per heavy atom. The van der Waals surface area contributed by atoms with Gasteiger partial charge in [-0.3, -0.25) is 4.99 Å². The lowest BCUT2D eigenvalue weighted by Crippen LogP contribution is -2.38. The molecule has 0 radical (unpaired) electrons. The van der Waals surface area contributed by atoms with E-state index in [0.717, 1.165) is 35.2 Å². The van der Waals surface area contributed by atoms with Crippen LogP contribution in [0.2, 0.25) is 0 Å². The third kappa shape index (κ3) is 3.67. The van der Waals surface area contributed by atoms with Crippen molar-refractivity contribution >= 4 is 41.2 Å². The van der Waals surface area contributed by atoms with Gasteiger partial charge in [0.15, 0.2) is 0 Å². The minimum absolute atomic E-state index is 0.125. The monoisotopic (exact) mass is 328 g/mol. The predicted molar refractivity (Wildman–Crippen MR) is 94.7 cm³/mol. The molecule has 6 heteroatoms. The second-order valence-electron chi connectivity index (χ2n) is 4.83. The number of para-hydroxylation sites is 1. The molecular formula is C14H20N2OS3. The fourth-order valence-corrected chi connectivity index (χ4v) is 4.81. The van der Waals surface area contributed by atoms with E-state index in [1.807, 2.05) is 18.2 Å². The zero-order valence-electron chi connectivity index (χ0n) is 11.7. The van der Waals surface area contributed by atoms with Crippen molar-refractivity contribution in [1.82, 2.24) is 4.90 Å². The van der Waals surface area contributed by atoms with Gasteiger partial charge in [-0.25, -0.2) is 0 Å². The van der Waals surface area contributed by atoms with Crippen molar-refractivity contribution < 1.29 is 5.11 Å². The van der Waals surface area contributed by atoms with Gasteiger partial charge in [0.2, 0.25) is 0 Å². The molecule has 3 nitrogen and oxygen atoms in total. The zero-order chi connectivity index (χ0) is 14.6. The summed E-state index contributed by atoms with van der Waals surface area (Å²) < 4.78 is 0. The van der Waals surface area contributed by atoms with E-state index in [1.165, 1.54) is 0 Å². The number of thiol groups is 1. The number of thioether (sulfide) groups is 2. The normalized spacial score (nSPS) is 22.3. The molecule has 1 aliphatic heterocycles. The third-order valence-electron chi connectivity index (χ3n) is 3.25. The van der Waals surface area contributed by atoms with E-state index < -0.39 is 0 Å². The van der Waals surface area contributed by atoms with Gasteiger partial charge < -0.3 is 10.0 Å². The smallest absolute Gasteiger partial charge is 0.129 e. The van der Waals surface area contributed by atoms with Crippen molar-refractivity contribution in [2.75, 3.05) is 37.9 Å². The molecule has 0 aromatic heterocycles. The Bertz CT molecular complexity index is 495. The van der Waals surface area contributed by atoms with Crippen molar-refractivity contribution in [3.8, 4) is 5.75 Å². The van der Waals surface area contributed by atoms with Crippen LogP contribution in [0.3, 0.4) is 0 Å². The van der Waals surface area contributed by atoms with Crippen LogP contribution in [-0.2, 0) is 0 Å². The Morgan fingerprint density at radius 3 is 2.90 bits per heavy atom. The molecule has 0 amide bonds. The first kappa shape index (κ1) is 16.1. The Balaban J connectivity index is 2.20. The Morgan fingerprint density at radius 2 is 2.25 bits per heavy atom. The SMILES string of the molecule is CSC1(CN(C)CCS)CSC(c2ccccc2O)=N1. The Kier molecular flexibility index (Phi) is 5.72. The van der Waals surface area contributed by atoms with Crippen LogP contribution in [0, 0.1) is 0 Å². The third-order valence-corrected chi connectivity index (χ3v) is 5.97. The van der Waals surface area contributed by atoms with Gasteiger partial charge in [-0.1, -0.05) is 12.1 Å². The van der Waals surface area contributed by atoms with Crippen molar-refractivity contribution in [1.29, 1.82) is 0 Å². The van der Waals surface area contributed by atoms with Gasteiger partial charge in [0.25, 0.3) is 0 Å². The van der Waals surface area contributed by atoms with Gasteiger partial charge in [0.1, 0.15) is 15.7 Å². The van der Waals surface area contributed by atoms with Crippen LogP contribution < -0.4 is 0 Å². The number of phenolic OH excluding ortho intramolecular Hbond substituents is 1. The summed E-state index contributed by atoms with van der Waals surface area (Å²) in [6.07, 6.45) is 2.10. The maximum atomic E-state index is 9.96. The van der Waals surface area contributed by atoms with Crippen molar-refractivity contribution in [2.24, 2.45) is 4.99 Å². The van der Waals surface area contributed by atoms with E-state index in [4.69, 9.17) is 4.99 Å². The summed E-state index contributed by atoms with van der Waals surface area (Å²) in [5.74, 6) is 2.10. The first-order valence-electron chi connectivity index (χ1n) is 6.46. The van der Waals surface area contributed by atoms with E-state index in [-0.39, 0.29) is 4.87 Å². The number of hydrogen-bond donors (Lipinski definition) is 2. The van der Waals surface area contributed by atoms with Gasteiger partial charge in [0, 0.05) is 30.2 Å². The van der Waals surface area contributed by atoms with E-state index >= 15 is 0 Å². The van der Waals surface area contributed by atoms with Gasteiger partial charge >= 0.3 is 0 Å². The fraction of sp³-hybridized carbons (Fsp3) is 0.500. The number of likely N-dealkylation sites (N-methyl/N-ethyl adjacent to an activating group) is 1. The van der Waals surface area contributed by atoms with Crippen LogP contribution in [0.25, 0.3) is 0 Å². The number of phenols is 1. The van der Waals surface area contributed by atoms with Crippen molar-refractivity contribution in [2.45, 2.75) is 4.87 Å². The van der Waals surface area contributed by atoms with Gasteiger partial charge in [-0.05, 0) is 25.4 Å². The van der Waals surface area contributed by atoms with E-state index in [2.05, 4.69) is 30.8 Å². The highest BCUT2D eigenvalue weighted by molar-refractivity contribution is 8.16. The largest absolute Gasteiger partial charge is 0.507 e. The first-order chi connectivity index (χ1) is 9.60. The molecule has 1 N–H and O–H groups in total. The van der Waals surface area contributed by atoms with Gasteiger partial charge in [-0.2, -0.15) is 12.6 Å². The van der Waals surface area contributed by atoms with Crippen LogP contribution in [0.5, 0.6) is 5.75 Å². The van der Waals surface area contributed by atoms with E-state index in [0.29, 0.717) is 5.75 Å². The lowest BCUT2D eigenvalue weighted by molar-refractivity contribution is 0.327. The molecule has 0 saturated heterocycles. The summed E-state index contributed by atoms with van der Waals surface area (Å²) in [4.78, 5) is 7.05. The molecule has 0 fully saturated rings. The lowest BCUT2D eigenvalue weighted by atomic mass is 10.2. The molecule has 1 aromatic rings. The zero-order valence-corrected chi connectivity index (χ0v) is 14.3. The topological polar surface area (TPSA) is 35.8 Å². The highest BCUT2D eigenvalue weighted by Gasteiger charge is 2.36. The van der Waals surface area contributed by atoms with Gasteiger partial charge in [0.05, 0.1) is 0 Å². The molecule has 2 rings (SSSR count). The fourth-order valence-electron chi connectivity index (χ4n) is 2.14. The molecule has 1 unspecified atom stereocenters. The van der Waals surface area contributed by atoms with Crippen LogP contribution in [0.4, 0.5) is 0 Å². The second kappa shape index (κ2) is 7.11. The summed E-state index contributed by atoms with van der Waals surface area (Å²) in [5, 5.41) is 10.9.